The molecular formula is C22H30BrN6O10P. The lowest BCUT2D eigenvalue weighted by atomic mass is 10.0. The summed E-state index contributed by atoms with van der Waals surface area (Å²) in [5.74, 6) is -0.661. The van der Waals surface area contributed by atoms with E-state index in [1.165, 1.54) is 52.2 Å². The van der Waals surface area contributed by atoms with Crippen LogP contribution in [0.4, 0.5) is 4.79 Å². The number of hydrogen-bond acceptors (Lipinski definition) is 11. The molecule has 7 atom stereocenters. The second kappa shape index (κ2) is 13.2. The third-order valence-corrected chi connectivity index (χ3v) is 8.55. The fraction of sp³-hybridized carbons (Fsp3) is 0.591. The molecule has 2 saturated heterocycles. The number of rotatable bonds is 12. The van der Waals surface area contributed by atoms with E-state index in [9.17, 15) is 18.9 Å². The Morgan fingerprint density at radius 3 is 2.55 bits per heavy atom. The quantitative estimate of drug-likeness (QED) is 0.0843. The fourth-order valence-electron chi connectivity index (χ4n) is 4.11. The van der Waals surface area contributed by atoms with Crippen molar-refractivity contribution in [1.29, 1.82) is 0 Å². The first-order chi connectivity index (χ1) is 18.9. The predicted molar refractivity (Wildman–Crippen MR) is 142 cm³/mol. The normalized spacial score (nSPS) is 28.6. The van der Waals surface area contributed by atoms with Gasteiger partial charge in [-0.1, -0.05) is 21.0 Å². The van der Waals surface area contributed by atoms with E-state index in [0.717, 1.165) is 0 Å². The first kappa shape index (κ1) is 31.6. The summed E-state index contributed by atoms with van der Waals surface area (Å²) in [5, 5.41) is 8.49. The lowest BCUT2D eigenvalue weighted by Gasteiger charge is -2.44. The van der Waals surface area contributed by atoms with Crippen molar-refractivity contribution in [2.75, 3.05) is 27.9 Å². The zero-order chi connectivity index (χ0) is 29.7. The number of carbonyl (C=O) groups is 3. The minimum Gasteiger partial charge on any atom is -0.497 e. The van der Waals surface area contributed by atoms with E-state index in [2.05, 4.69) is 41.1 Å². The van der Waals surface area contributed by atoms with Crippen molar-refractivity contribution < 1.29 is 46.9 Å². The van der Waals surface area contributed by atoms with Crippen LogP contribution in [0.1, 0.15) is 20.3 Å². The average molecular weight is 649 g/mol. The second-order valence-electron chi connectivity index (χ2n) is 8.90. The Morgan fingerprint density at radius 1 is 1.32 bits per heavy atom. The summed E-state index contributed by atoms with van der Waals surface area (Å²) >= 11 is 3.30. The van der Waals surface area contributed by atoms with Crippen LogP contribution in [0.5, 0.6) is 11.5 Å². The van der Waals surface area contributed by atoms with Crippen LogP contribution in [-0.2, 0) is 32.9 Å². The number of nitrogens with one attached hydrogen (secondary N) is 2. The van der Waals surface area contributed by atoms with E-state index in [1.54, 1.807) is 12.1 Å². The van der Waals surface area contributed by atoms with Gasteiger partial charge in [-0.25, -0.2) is 9.36 Å². The number of nitrogens with zero attached hydrogens (tertiary/aromatic N) is 4. The molecule has 220 valence electrons. The van der Waals surface area contributed by atoms with Gasteiger partial charge >= 0.3 is 19.7 Å². The Kier molecular flexibility index (Phi) is 10.4. The van der Waals surface area contributed by atoms with Crippen LogP contribution >= 0.6 is 23.7 Å². The zero-order valence-corrected chi connectivity index (χ0v) is 24.8. The van der Waals surface area contributed by atoms with Crippen molar-refractivity contribution in [2.45, 2.75) is 55.2 Å². The first-order valence-electron chi connectivity index (χ1n) is 11.9. The summed E-state index contributed by atoms with van der Waals surface area (Å²) in [6.07, 6.45) is -3.08. The van der Waals surface area contributed by atoms with Crippen LogP contribution in [0.15, 0.2) is 29.4 Å². The Labute approximate surface area is 238 Å². The van der Waals surface area contributed by atoms with E-state index < -0.39 is 67.2 Å². The summed E-state index contributed by atoms with van der Waals surface area (Å²) in [5.41, 5.74) is 9.12. The number of hydrogen-bond donors (Lipinski definition) is 2. The molecule has 3 rings (SSSR count). The molecule has 3 amide bonds. The van der Waals surface area contributed by atoms with Crippen molar-refractivity contribution in [3.05, 3.63) is 34.7 Å². The third kappa shape index (κ3) is 7.04. The highest BCUT2D eigenvalue weighted by Gasteiger charge is 2.54. The number of carbonyl (C=O) groups excluding carboxylic acids is 3. The number of ether oxygens (including phenoxy) is 4. The van der Waals surface area contributed by atoms with E-state index >= 15 is 0 Å². The number of esters is 1. The molecule has 1 aromatic carbocycles. The number of imide groups is 1. The number of methoxy groups -OCH3 is 3. The third-order valence-electron chi connectivity index (χ3n) is 6.15. The molecule has 1 aromatic rings. The summed E-state index contributed by atoms with van der Waals surface area (Å²) in [6.45, 7) is 2.49. The van der Waals surface area contributed by atoms with Gasteiger partial charge < -0.3 is 23.5 Å². The standard InChI is InChI=1S/C22H30BrN6O10P/c1-12(18(30)35-4)27-40(33,39-14-8-6-13(34-3)7-9-14)37-11-16-15(26-28-24)10-17(38-16)29-20(36-5)22(2,23)19(31)25-21(29)32/h6-9,12,15-17,20H,10-11H2,1-5H3,(H,27,33)(H,25,31,32). The van der Waals surface area contributed by atoms with Gasteiger partial charge in [-0.3, -0.25) is 24.3 Å². The van der Waals surface area contributed by atoms with Gasteiger partial charge in [-0.15, -0.1) is 0 Å². The molecule has 2 heterocycles. The zero-order valence-electron chi connectivity index (χ0n) is 22.3. The molecular weight excluding hydrogens is 619 g/mol. The van der Waals surface area contributed by atoms with Gasteiger partial charge in [0.05, 0.1) is 33.0 Å². The lowest BCUT2D eigenvalue weighted by Crippen LogP contribution is -2.69. The molecule has 0 radical (unpaired) electrons. The largest absolute Gasteiger partial charge is 0.497 e. The highest BCUT2D eigenvalue weighted by molar-refractivity contribution is 9.10. The maximum absolute atomic E-state index is 13.8. The second-order valence-corrected chi connectivity index (χ2v) is 12.2. The smallest absolute Gasteiger partial charge is 0.459 e. The molecule has 16 nitrogen and oxygen atoms in total. The van der Waals surface area contributed by atoms with Crippen molar-refractivity contribution in [3.8, 4) is 11.5 Å². The highest BCUT2D eigenvalue weighted by Crippen LogP contribution is 2.46. The number of urea groups is 1. The lowest BCUT2D eigenvalue weighted by molar-refractivity contribution is -0.152. The molecule has 2 fully saturated rings. The number of amides is 3. The van der Waals surface area contributed by atoms with E-state index in [0.29, 0.717) is 5.75 Å². The van der Waals surface area contributed by atoms with Crippen molar-refractivity contribution >= 4 is 41.6 Å². The Balaban J connectivity index is 1.82. The van der Waals surface area contributed by atoms with Crippen LogP contribution < -0.4 is 19.7 Å². The number of alkyl halides is 1. The molecule has 0 bridgehead atoms. The molecule has 0 spiro atoms. The number of halogens is 1. The molecule has 18 heteroatoms. The molecule has 0 saturated carbocycles. The topological polar surface area (TPSA) is 200 Å². The van der Waals surface area contributed by atoms with E-state index in [-0.39, 0.29) is 12.2 Å². The molecule has 40 heavy (non-hydrogen) atoms. The van der Waals surface area contributed by atoms with Gasteiger partial charge in [0.15, 0.2) is 6.23 Å². The molecule has 2 aliphatic rings. The van der Waals surface area contributed by atoms with Gasteiger partial charge in [0.25, 0.3) is 0 Å². The van der Waals surface area contributed by atoms with Crippen LogP contribution in [0.3, 0.4) is 0 Å². The van der Waals surface area contributed by atoms with Crippen molar-refractivity contribution in [3.63, 3.8) is 0 Å². The fourth-order valence-corrected chi connectivity index (χ4v) is 6.12. The minimum atomic E-state index is -4.27. The SMILES string of the molecule is COC(=O)C(C)NP(=O)(OCC1OC(N2C(=O)NC(=O)C(C)(Br)C2OC)CC1N=[N+]=[N-])Oc1ccc(OC)cc1. The maximum atomic E-state index is 13.8. The highest BCUT2D eigenvalue weighted by atomic mass is 79.9. The monoisotopic (exact) mass is 648 g/mol. The Hall–Kier alpha value is -2.91. The van der Waals surface area contributed by atoms with Crippen LogP contribution in [-0.4, -0.2) is 85.7 Å². The Morgan fingerprint density at radius 2 is 1.98 bits per heavy atom. The molecule has 7 unspecified atom stereocenters. The first-order valence-corrected chi connectivity index (χ1v) is 14.2. The van der Waals surface area contributed by atoms with Gasteiger partial charge in [0.2, 0.25) is 5.91 Å². The maximum Gasteiger partial charge on any atom is 0.459 e. The van der Waals surface area contributed by atoms with E-state index in [1.807, 2.05) is 0 Å². The Bertz CT molecular complexity index is 1200. The van der Waals surface area contributed by atoms with Crippen LogP contribution in [0, 0.1) is 0 Å². The van der Waals surface area contributed by atoms with Gasteiger partial charge in [-0.2, -0.15) is 5.09 Å². The van der Waals surface area contributed by atoms with Crippen LogP contribution in [0.2, 0.25) is 0 Å². The summed E-state index contributed by atoms with van der Waals surface area (Å²) in [7, 11) is -0.296. The van der Waals surface area contributed by atoms with Gasteiger partial charge in [0, 0.05) is 18.4 Å². The number of azide groups is 1. The molecule has 2 aliphatic heterocycles. The van der Waals surface area contributed by atoms with Crippen LogP contribution in [0.25, 0.3) is 10.4 Å². The van der Waals surface area contributed by atoms with Gasteiger partial charge in [0.1, 0.15) is 28.1 Å². The summed E-state index contributed by atoms with van der Waals surface area (Å²) in [6, 6.07) is 3.39. The molecule has 0 aliphatic carbocycles. The average Bonchev–Trinajstić information content (AvgIpc) is 3.31. The molecule has 2 N–H and O–H groups in total. The van der Waals surface area contributed by atoms with Gasteiger partial charge in [-0.05, 0) is 43.6 Å². The predicted octanol–water partition coefficient (Wildman–Crippen LogP) is 2.82. The number of benzene rings is 1. The minimum absolute atomic E-state index is 0.0122. The molecule has 0 aromatic heterocycles. The van der Waals surface area contributed by atoms with E-state index in [4.69, 9.17) is 28.8 Å². The summed E-state index contributed by atoms with van der Waals surface area (Å²) < 4.78 is 44.9. The summed E-state index contributed by atoms with van der Waals surface area (Å²) in [4.78, 5) is 41.1. The van der Waals surface area contributed by atoms with Crippen molar-refractivity contribution in [1.82, 2.24) is 15.3 Å². The van der Waals surface area contributed by atoms with Crippen molar-refractivity contribution in [2.24, 2.45) is 5.11 Å².